The van der Waals surface area contributed by atoms with Crippen LogP contribution >= 0.6 is 0 Å². The fourth-order valence-electron chi connectivity index (χ4n) is 7.94. The van der Waals surface area contributed by atoms with Gasteiger partial charge in [-0.3, -0.25) is 9.69 Å². The second-order valence-corrected chi connectivity index (χ2v) is 9.28. The number of ether oxygens (including phenoxy) is 3. The van der Waals surface area contributed by atoms with Crippen molar-refractivity contribution in [1.82, 2.24) is 4.90 Å². The van der Waals surface area contributed by atoms with Crippen LogP contribution in [0.2, 0.25) is 0 Å². The summed E-state index contributed by atoms with van der Waals surface area (Å²) in [6, 6.07) is 6.19. The van der Waals surface area contributed by atoms with Crippen molar-refractivity contribution < 1.29 is 24.1 Å². The molecule has 1 aromatic rings. The Hall–Kier alpha value is -2.09. The van der Waals surface area contributed by atoms with Crippen molar-refractivity contribution in [3.63, 3.8) is 0 Å². The van der Waals surface area contributed by atoms with Gasteiger partial charge in [0, 0.05) is 31.6 Å². The Labute approximate surface area is 176 Å². The summed E-state index contributed by atoms with van der Waals surface area (Å²) < 4.78 is 17.9. The van der Waals surface area contributed by atoms with E-state index in [0.29, 0.717) is 6.42 Å². The highest BCUT2D eigenvalue weighted by Crippen LogP contribution is 2.77. The normalized spacial score (nSPS) is 43.8. The number of rotatable bonds is 3. The van der Waals surface area contributed by atoms with Crippen molar-refractivity contribution in [2.75, 3.05) is 39.3 Å². The summed E-state index contributed by atoms with van der Waals surface area (Å²) in [5, 5.41) is 11.1. The summed E-state index contributed by atoms with van der Waals surface area (Å²) in [4.78, 5) is 18.4. The molecule has 4 heterocycles. The van der Waals surface area contributed by atoms with E-state index < -0.39 is 16.6 Å². The van der Waals surface area contributed by atoms with Gasteiger partial charge in [0.2, 0.25) is 0 Å². The number of nitrogens with zero attached hydrogens (tertiary/aromatic N) is 2. The Morgan fingerprint density at radius 2 is 2.20 bits per heavy atom. The number of anilines is 1. The van der Waals surface area contributed by atoms with Crippen LogP contribution in [-0.2, 0) is 19.7 Å². The Balaban J connectivity index is 1.74. The number of benzene rings is 1. The standard InChI is InChI=1S/C23H28N2O5/c1-5-13-11-25-18-9-15(13)21(12-26,20(27)29-4)22-10-19(25)30-23(18,22)24(2)17-7-6-14(28-3)8-16(17)22/h5-8,15,18-19,26H,9-12H2,1-4H3/t15-,18-,19-,21-,22-,23-/m0/s1. The first-order valence-corrected chi connectivity index (χ1v) is 10.7. The van der Waals surface area contributed by atoms with E-state index in [1.165, 1.54) is 12.7 Å². The predicted molar refractivity (Wildman–Crippen MR) is 109 cm³/mol. The molecule has 4 fully saturated rings. The average molecular weight is 412 g/mol. The van der Waals surface area contributed by atoms with Gasteiger partial charge in [0.05, 0.1) is 32.3 Å². The molecule has 1 saturated carbocycles. The van der Waals surface area contributed by atoms with Gasteiger partial charge in [-0.15, -0.1) is 0 Å². The highest BCUT2D eigenvalue weighted by Gasteiger charge is 2.88. The number of allylic oxidation sites excluding steroid dienone is 1. The number of hydrogen-bond acceptors (Lipinski definition) is 7. The van der Waals surface area contributed by atoms with Crippen LogP contribution in [0.1, 0.15) is 25.3 Å². The molecule has 6 atom stereocenters. The highest BCUT2D eigenvalue weighted by atomic mass is 16.6. The first-order valence-electron chi connectivity index (χ1n) is 10.7. The maximum Gasteiger partial charge on any atom is 0.315 e. The zero-order valence-corrected chi connectivity index (χ0v) is 17.8. The molecule has 1 aromatic carbocycles. The molecule has 3 saturated heterocycles. The summed E-state index contributed by atoms with van der Waals surface area (Å²) in [7, 11) is 5.14. The Morgan fingerprint density at radius 3 is 2.87 bits per heavy atom. The van der Waals surface area contributed by atoms with Gasteiger partial charge in [-0.25, -0.2) is 0 Å². The minimum Gasteiger partial charge on any atom is -0.497 e. The third-order valence-corrected chi connectivity index (χ3v) is 8.95. The number of aliphatic hydroxyl groups excluding tert-OH is 1. The number of methoxy groups -OCH3 is 2. The second kappa shape index (κ2) is 5.58. The third-order valence-electron chi connectivity index (χ3n) is 8.95. The Kier molecular flexibility index (Phi) is 3.47. The molecule has 4 aliphatic heterocycles. The largest absolute Gasteiger partial charge is 0.497 e. The minimum atomic E-state index is -1.12. The molecule has 4 bridgehead atoms. The van der Waals surface area contributed by atoms with Gasteiger partial charge in [-0.1, -0.05) is 11.6 Å². The van der Waals surface area contributed by atoms with E-state index >= 15 is 0 Å². The first-order chi connectivity index (χ1) is 14.5. The summed E-state index contributed by atoms with van der Waals surface area (Å²) >= 11 is 0. The smallest absolute Gasteiger partial charge is 0.315 e. The molecule has 160 valence electrons. The summed E-state index contributed by atoms with van der Waals surface area (Å²) in [5.74, 6) is 0.301. The molecule has 1 spiro atoms. The lowest BCUT2D eigenvalue weighted by atomic mass is 9.42. The van der Waals surface area contributed by atoms with Crippen LogP contribution in [0, 0.1) is 11.3 Å². The van der Waals surface area contributed by atoms with Crippen molar-refractivity contribution in [2.45, 2.75) is 43.2 Å². The van der Waals surface area contributed by atoms with E-state index in [4.69, 9.17) is 14.2 Å². The number of carbonyl (C=O) groups excluding carboxylic acids is 1. The topological polar surface area (TPSA) is 71.5 Å². The van der Waals surface area contributed by atoms with Crippen LogP contribution in [0.4, 0.5) is 5.69 Å². The monoisotopic (exact) mass is 412 g/mol. The lowest BCUT2D eigenvalue weighted by molar-refractivity contribution is -0.194. The van der Waals surface area contributed by atoms with E-state index in [1.54, 1.807) is 7.11 Å². The minimum absolute atomic E-state index is 0.0939. The Bertz CT molecular complexity index is 994. The number of esters is 1. The highest BCUT2D eigenvalue weighted by molar-refractivity contribution is 5.86. The predicted octanol–water partition coefficient (Wildman–Crippen LogP) is 1.64. The van der Waals surface area contributed by atoms with E-state index in [2.05, 4.69) is 29.0 Å². The van der Waals surface area contributed by atoms with Crippen LogP contribution < -0.4 is 9.64 Å². The zero-order valence-electron chi connectivity index (χ0n) is 17.8. The maximum absolute atomic E-state index is 13.7. The lowest BCUT2D eigenvalue weighted by Crippen LogP contribution is -2.79. The van der Waals surface area contributed by atoms with E-state index in [-0.39, 0.29) is 30.8 Å². The van der Waals surface area contributed by atoms with Crippen molar-refractivity contribution in [3.05, 3.63) is 35.4 Å². The van der Waals surface area contributed by atoms with Gasteiger partial charge in [-0.2, -0.15) is 0 Å². The molecule has 1 aliphatic carbocycles. The molecular weight excluding hydrogens is 384 g/mol. The van der Waals surface area contributed by atoms with E-state index in [0.717, 1.165) is 30.0 Å². The summed E-state index contributed by atoms with van der Waals surface area (Å²) in [6.45, 7) is 2.51. The molecule has 6 rings (SSSR count). The fraction of sp³-hybridized carbons (Fsp3) is 0.609. The van der Waals surface area contributed by atoms with Crippen LogP contribution in [0.15, 0.2) is 29.8 Å². The molecule has 1 N–H and O–H groups in total. The van der Waals surface area contributed by atoms with Crippen LogP contribution in [0.25, 0.3) is 0 Å². The van der Waals surface area contributed by atoms with Gasteiger partial charge in [-0.05, 0) is 37.1 Å². The van der Waals surface area contributed by atoms with Crippen LogP contribution in [0.3, 0.4) is 0 Å². The number of likely N-dealkylation sites (N-methyl/N-ethyl adjacent to an activating group) is 1. The van der Waals surface area contributed by atoms with Crippen molar-refractivity contribution >= 4 is 11.7 Å². The second-order valence-electron chi connectivity index (χ2n) is 9.28. The first kappa shape index (κ1) is 18.7. The van der Waals surface area contributed by atoms with Crippen molar-refractivity contribution in [2.24, 2.45) is 11.3 Å². The molecule has 0 radical (unpaired) electrons. The SMILES string of the molecule is CC=C1CN2[C@@H]3C[C@@]45c6cc(OC)ccc6N(C)[C@]4(O3)[C@@H]2C[C@@H]1[C@@]5(CO)C(=O)OC. The number of carbonyl (C=O) groups is 1. The average Bonchev–Trinajstić information content (AvgIpc) is 3.38. The fourth-order valence-corrected chi connectivity index (χ4v) is 7.94. The summed E-state index contributed by atoms with van der Waals surface area (Å²) in [6.07, 6.45) is 3.43. The van der Waals surface area contributed by atoms with Crippen molar-refractivity contribution in [3.8, 4) is 5.75 Å². The van der Waals surface area contributed by atoms with Gasteiger partial charge in [0.1, 0.15) is 17.4 Å². The summed E-state index contributed by atoms with van der Waals surface area (Å²) in [5.41, 5.74) is 0.703. The Morgan fingerprint density at radius 1 is 1.40 bits per heavy atom. The molecule has 0 unspecified atom stereocenters. The molecule has 0 amide bonds. The molecule has 30 heavy (non-hydrogen) atoms. The van der Waals surface area contributed by atoms with E-state index in [1.807, 2.05) is 19.1 Å². The van der Waals surface area contributed by atoms with Gasteiger partial charge < -0.3 is 24.2 Å². The molecule has 5 aliphatic rings. The number of hydrogen-bond donors (Lipinski definition) is 1. The quantitative estimate of drug-likeness (QED) is 0.598. The lowest BCUT2D eigenvalue weighted by Gasteiger charge is -2.65. The number of aliphatic hydroxyl groups is 1. The van der Waals surface area contributed by atoms with Gasteiger partial charge >= 0.3 is 5.97 Å². The molecule has 0 aromatic heterocycles. The van der Waals surface area contributed by atoms with Crippen LogP contribution in [0.5, 0.6) is 5.75 Å². The molecular formula is C23H28N2O5. The maximum atomic E-state index is 13.7. The van der Waals surface area contributed by atoms with Crippen molar-refractivity contribution in [1.29, 1.82) is 0 Å². The van der Waals surface area contributed by atoms with Crippen LogP contribution in [-0.4, -0.2) is 68.4 Å². The number of piperidine rings is 2. The number of fused-ring (bicyclic) bond motifs is 4. The van der Waals surface area contributed by atoms with Gasteiger partial charge in [0.15, 0.2) is 5.72 Å². The third kappa shape index (κ3) is 1.55. The molecule has 7 heteroatoms. The van der Waals surface area contributed by atoms with Gasteiger partial charge in [0.25, 0.3) is 0 Å². The molecule has 7 nitrogen and oxygen atoms in total. The van der Waals surface area contributed by atoms with E-state index in [9.17, 15) is 9.90 Å². The zero-order chi connectivity index (χ0) is 21.1.